The van der Waals surface area contributed by atoms with Crippen LogP contribution in [0.15, 0.2) is 29.6 Å². The molecule has 1 aromatic heterocycles. The minimum atomic E-state index is 0.813. The van der Waals surface area contributed by atoms with E-state index in [4.69, 9.17) is 11.6 Å². The molecule has 1 aromatic carbocycles. The summed E-state index contributed by atoms with van der Waals surface area (Å²) in [7, 11) is 1.92. The summed E-state index contributed by atoms with van der Waals surface area (Å²) in [4.78, 5) is 4.53. The number of halogens is 1. The van der Waals surface area contributed by atoms with E-state index in [1.807, 2.05) is 31.3 Å². The number of aromatic nitrogens is 1. The summed E-state index contributed by atoms with van der Waals surface area (Å²) in [5.41, 5.74) is 2.23. The van der Waals surface area contributed by atoms with Gasteiger partial charge in [-0.3, -0.25) is 0 Å². The molecule has 4 heteroatoms. The SMILES string of the molecule is CNCc1csc(Cc2ccccc2Cl)n1. The molecule has 0 atom stereocenters. The zero-order valence-electron chi connectivity index (χ0n) is 9.03. The summed E-state index contributed by atoms with van der Waals surface area (Å²) in [5, 5.41) is 7.10. The topological polar surface area (TPSA) is 24.9 Å². The second-order valence-electron chi connectivity index (χ2n) is 3.53. The van der Waals surface area contributed by atoms with Crippen LogP contribution < -0.4 is 5.32 Å². The Bertz CT molecular complexity index is 468. The standard InChI is InChI=1S/C12H13ClN2S/c1-14-7-10-8-16-12(15-10)6-9-4-2-3-5-11(9)13/h2-5,8,14H,6-7H2,1H3. The van der Waals surface area contributed by atoms with Crippen LogP contribution in [0.4, 0.5) is 0 Å². The molecule has 0 unspecified atom stereocenters. The van der Waals surface area contributed by atoms with Gasteiger partial charge in [-0.1, -0.05) is 29.8 Å². The molecule has 0 saturated heterocycles. The predicted octanol–water partition coefficient (Wildman–Crippen LogP) is 3.11. The normalized spacial score (nSPS) is 10.6. The van der Waals surface area contributed by atoms with E-state index in [9.17, 15) is 0 Å². The highest BCUT2D eigenvalue weighted by molar-refractivity contribution is 7.09. The second kappa shape index (κ2) is 5.43. The Hall–Kier alpha value is -0.900. The van der Waals surface area contributed by atoms with E-state index in [2.05, 4.69) is 15.7 Å². The molecule has 0 fully saturated rings. The molecule has 0 radical (unpaired) electrons. The fourth-order valence-corrected chi connectivity index (χ4v) is 2.52. The van der Waals surface area contributed by atoms with E-state index in [1.54, 1.807) is 11.3 Å². The van der Waals surface area contributed by atoms with Gasteiger partial charge in [0.05, 0.1) is 10.7 Å². The number of hydrogen-bond acceptors (Lipinski definition) is 3. The largest absolute Gasteiger partial charge is 0.314 e. The average molecular weight is 253 g/mol. The highest BCUT2D eigenvalue weighted by Gasteiger charge is 2.05. The van der Waals surface area contributed by atoms with E-state index >= 15 is 0 Å². The van der Waals surface area contributed by atoms with Crippen molar-refractivity contribution >= 4 is 22.9 Å². The van der Waals surface area contributed by atoms with Gasteiger partial charge in [0.25, 0.3) is 0 Å². The van der Waals surface area contributed by atoms with Gasteiger partial charge in [0.1, 0.15) is 0 Å². The van der Waals surface area contributed by atoms with Gasteiger partial charge in [0, 0.05) is 23.4 Å². The lowest BCUT2D eigenvalue weighted by Crippen LogP contribution is -2.05. The van der Waals surface area contributed by atoms with Crippen LogP contribution in [-0.4, -0.2) is 12.0 Å². The highest BCUT2D eigenvalue weighted by atomic mass is 35.5. The molecule has 16 heavy (non-hydrogen) atoms. The van der Waals surface area contributed by atoms with Crippen LogP contribution in [0.25, 0.3) is 0 Å². The number of hydrogen-bond donors (Lipinski definition) is 1. The number of nitrogens with zero attached hydrogens (tertiary/aromatic N) is 1. The van der Waals surface area contributed by atoms with Crippen molar-refractivity contribution in [3.63, 3.8) is 0 Å². The van der Waals surface area contributed by atoms with Crippen LogP contribution in [-0.2, 0) is 13.0 Å². The van der Waals surface area contributed by atoms with E-state index in [1.165, 1.54) is 0 Å². The van der Waals surface area contributed by atoms with Crippen LogP contribution in [0, 0.1) is 0 Å². The maximum Gasteiger partial charge on any atom is 0.0973 e. The minimum Gasteiger partial charge on any atom is -0.314 e. The van der Waals surface area contributed by atoms with Crippen molar-refractivity contribution in [2.75, 3.05) is 7.05 Å². The predicted molar refractivity (Wildman–Crippen MR) is 69.1 cm³/mol. The Kier molecular flexibility index (Phi) is 3.93. The van der Waals surface area contributed by atoms with Gasteiger partial charge in [-0.05, 0) is 18.7 Å². The first-order chi connectivity index (χ1) is 7.79. The summed E-state index contributed by atoms with van der Waals surface area (Å²) < 4.78 is 0. The number of nitrogens with one attached hydrogen (secondary N) is 1. The summed E-state index contributed by atoms with van der Waals surface area (Å²) >= 11 is 7.79. The molecule has 1 N–H and O–H groups in total. The molecule has 0 saturated carbocycles. The van der Waals surface area contributed by atoms with Crippen molar-refractivity contribution in [3.05, 3.63) is 50.9 Å². The zero-order chi connectivity index (χ0) is 11.4. The Morgan fingerprint density at radius 3 is 2.94 bits per heavy atom. The molecular formula is C12H13ClN2S. The summed E-state index contributed by atoms with van der Waals surface area (Å²) in [6, 6.07) is 7.91. The van der Waals surface area contributed by atoms with Crippen LogP contribution in [0.1, 0.15) is 16.3 Å². The molecule has 0 aliphatic heterocycles. The molecule has 0 aliphatic rings. The first-order valence-corrected chi connectivity index (χ1v) is 6.36. The maximum absolute atomic E-state index is 6.11. The van der Waals surface area contributed by atoms with Crippen molar-refractivity contribution in [2.45, 2.75) is 13.0 Å². The third-order valence-corrected chi connectivity index (χ3v) is 3.52. The summed E-state index contributed by atoms with van der Waals surface area (Å²) in [5.74, 6) is 0. The third kappa shape index (κ3) is 2.82. The fourth-order valence-electron chi connectivity index (χ4n) is 1.50. The number of rotatable bonds is 4. The summed E-state index contributed by atoms with van der Waals surface area (Å²) in [6.45, 7) is 0.818. The Balaban J connectivity index is 2.11. The second-order valence-corrected chi connectivity index (χ2v) is 4.88. The van der Waals surface area contributed by atoms with E-state index in [-0.39, 0.29) is 0 Å². The quantitative estimate of drug-likeness (QED) is 0.905. The van der Waals surface area contributed by atoms with Crippen molar-refractivity contribution in [3.8, 4) is 0 Å². The van der Waals surface area contributed by atoms with Crippen molar-refractivity contribution < 1.29 is 0 Å². The molecule has 0 bridgehead atoms. The summed E-state index contributed by atoms with van der Waals surface area (Å²) in [6.07, 6.45) is 0.814. The number of benzene rings is 1. The van der Waals surface area contributed by atoms with Crippen LogP contribution in [0.2, 0.25) is 5.02 Å². The lowest BCUT2D eigenvalue weighted by atomic mass is 10.2. The van der Waals surface area contributed by atoms with Crippen molar-refractivity contribution in [1.29, 1.82) is 0 Å². The van der Waals surface area contributed by atoms with Gasteiger partial charge in [0.2, 0.25) is 0 Å². The maximum atomic E-state index is 6.11. The van der Waals surface area contributed by atoms with Gasteiger partial charge in [-0.25, -0.2) is 4.98 Å². The van der Waals surface area contributed by atoms with Gasteiger partial charge < -0.3 is 5.32 Å². The molecule has 84 valence electrons. The molecule has 0 aliphatic carbocycles. The van der Waals surface area contributed by atoms with Gasteiger partial charge >= 0.3 is 0 Å². The lowest BCUT2D eigenvalue weighted by Gasteiger charge is -2.00. The first kappa shape index (κ1) is 11.6. The fraction of sp³-hybridized carbons (Fsp3) is 0.250. The van der Waals surface area contributed by atoms with Crippen LogP contribution in [0.5, 0.6) is 0 Å². The zero-order valence-corrected chi connectivity index (χ0v) is 10.6. The molecule has 2 aromatic rings. The Morgan fingerprint density at radius 2 is 2.19 bits per heavy atom. The Labute approximate surface area is 104 Å². The molecular weight excluding hydrogens is 240 g/mol. The monoisotopic (exact) mass is 252 g/mol. The molecule has 2 rings (SSSR count). The molecule has 2 nitrogen and oxygen atoms in total. The average Bonchev–Trinajstić information content (AvgIpc) is 2.70. The smallest absolute Gasteiger partial charge is 0.0973 e. The van der Waals surface area contributed by atoms with Crippen molar-refractivity contribution in [1.82, 2.24) is 10.3 Å². The van der Waals surface area contributed by atoms with E-state index in [0.29, 0.717) is 0 Å². The lowest BCUT2D eigenvalue weighted by molar-refractivity contribution is 0.793. The molecule has 0 spiro atoms. The molecule has 1 heterocycles. The van der Waals surface area contributed by atoms with Crippen LogP contribution >= 0.6 is 22.9 Å². The van der Waals surface area contributed by atoms with Gasteiger partial charge in [-0.2, -0.15) is 0 Å². The first-order valence-electron chi connectivity index (χ1n) is 5.11. The Morgan fingerprint density at radius 1 is 1.38 bits per heavy atom. The number of thiazole rings is 1. The van der Waals surface area contributed by atoms with E-state index < -0.39 is 0 Å². The van der Waals surface area contributed by atoms with E-state index in [0.717, 1.165) is 34.3 Å². The highest BCUT2D eigenvalue weighted by Crippen LogP contribution is 2.20. The van der Waals surface area contributed by atoms with Gasteiger partial charge in [-0.15, -0.1) is 11.3 Å². The van der Waals surface area contributed by atoms with Gasteiger partial charge in [0.15, 0.2) is 0 Å². The van der Waals surface area contributed by atoms with Crippen LogP contribution in [0.3, 0.4) is 0 Å². The molecule has 0 amide bonds. The third-order valence-electron chi connectivity index (χ3n) is 2.26. The minimum absolute atomic E-state index is 0.813. The van der Waals surface area contributed by atoms with Crippen molar-refractivity contribution in [2.24, 2.45) is 0 Å².